The van der Waals surface area contributed by atoms with Crippen molar-refractivity contribution in [1.82, 2.24) is 14.8 Å². The highest BCUT2D eigenvalue weighted by Crippen LogP contribution is 2.19. The Morgan fingerprint density at radius 1 is 1.21 bits per heavy atom. The van der Waals surface area contributed by atoms with Crippen LogP contribution in [0.5, 0.6) is 0 Å². The molecule has 0 unspecified atom stereocenters. The monoisotopic (exact) mass is 323 g/mol. The lowest BCUT2D eigenvalue weighted by Gasteiger charge is -2.09. The van der Waals surface area contributed by atoms with E-state index in [0.717, 1.165) is 22.6 Å². The molecule has 0 fully saturated rings. The molecule has 1 aromatic carbocycles. The van der Waals surface area contributed by atoms with Crippen LogP contribution in [0.4, 0.5) is 17.2 Å². The summed E-state index contributed by atoms with van der Waals surface area (Å²) >= 11 is 0. The third kappa shape index (κ3) is 3.57. The Morgan fingerprint density at radius 2 is 2.04 bits per heavy atom. The second kappa shape index (κ2) is 6.49. The highest BCUT2D eigenvalue weighted by molar-refractivity contribution is 5.57. The van der Waals surface area contributed by atoms with Crippen LogP contribution in [0.25, 0.3) is 0 Å². The third-order valence-corrected chi connectivity index (χ3v) is 3.59. The molecule has 2 heterocycles. The number of nitrogens with zero attached hydrogens (tertiary/aromatic N) is 4. The molecular weight excluding hydrogens is 306 g/mol. The van der Waals surface area contributed by atoms with Gasteiger partial charge in [-0.2, -0.15) is 5.10 Å². The van der Waals surface area contributed by atoms with E-state index < -0.39 is 4.92 Å². The molecule has 7 nitrogen and oxygen atoms in total. The Morgan fingerprint density at radius 3 is 2.67 bits per heavy atom. The minimum Gasteiger partial charge on any atom is -0.340 e. The van der Waals surface area contributed by atoms with Crippen LogP contribution >= 0.6 is 0 Å². The maximum atomic E-state index is 10.7. The van der Waals surface area contributed by atoms with Gasteiger partial charge in [-0.05, 0) is 43.7 Å². The fourth-order valence-electron chi connectivity index (χ4n) is 2.47. The summed E-state index contributed by atoms with van der Waals surface area (Å²) in [6.45, 7) is 4.69. The molecule has 0 aliphatic rings. The van der Waals surface area contributed by atoms with Gasteiger partial charge >= 0.3 is 0 Å². The lowest BCUT2D eigenvalue weighted by atomic mass is 10.2. The van der Waals surface area contributed by atoms with Crippen LogP contribution in [-0.2, 0) is 6.54 Å². The Labute approximate surface area is 139 Å². The van der Waals surface area contributed by atoms with Crippen LogP contribution in [0.2, 0.25) is 0 Å². The highest BCUT2D eigenvalue weighted by Gasteiger charge is 2.06. The molecule has 0 bridgehead atoms. The van der Waals surface area contributed by atoms with E-state index >= 15 is 0 Å². The van der Waals surface area contributed by atoms with Crippen molar-refractivity contribution in [3.05, 3.63) is 75.7 Å². The highest BCUT2D eigenvalue weighted by atomic mass is 16.6. The summed E-state index contributed by atoms with van der Waals surface area (Å²) in [7, 11) is 0. The third-order valence-electron chi connectivity index (χ3n) is 3.59. The molecule has 24 heavy (non-hydrogen) atoms. The zero-order valence-corrected chi connectivity index (χ0v) is 13.4. The molecular formula is C17H17N5O2. The molecule has 3 aromatic rings. The molecule has 0 atom stereocenters. The number of rotatable bonds is 5. The van der Waals surface area contributed by atoms with E-state index in [1.54, 1.807) is 6.07 Å². The molecule has 0 aliphatic heterocycles. The summed E-state index contributed by atoms with van der Waals surface area (Å²) in [6.07, 6.45) is 1.24. The van der Waals surface area contributed by atoms with Crippen molar-refractivity contribution in [3.8, 4) is 0 Å². The Bertz CT molecular complexity index is 871. The van der Waals surface area contributed by atoms with Gasteiger partial charge in [0.2, 0.25) is 0 Å². The molecule has 122 valence electrons. The van der Waals surface area contributed by atoms with Crippen molar-refractivity contribution < 1.29 is 4.92 Å². The summed E-state index contributed by atoms with van der Waals surface area (Å²) in [4.78, 5) is 14.2. The van der Waals surface area contributed by atoms with Gasteiger partial charge in [-0.25, -0.2) is 4.98 Å². The smallest absolute Gasteiger partial charge is 0.287 e. The van der Waals surface area contributed by atoms with Gasteiger partial charge in [0, 0.05) is 17.4 Å². The second-order valence-electron chi connectivity index (χ2n) is 5.57. The van der Waals surface area contributed by atoms with E-state index in [2.05, 4.69) is 15.4 Å². The Balaban J connectivity index is 1.75. The molecule has 0 saturated carbocycles. The summed E-state index contributed by atoms with van der Waals surface area (Å²) in [5.41, 5.74) is 4.06. The van der Waals surface area contributed by atoms with Gasteiger partial charge < -0.3 is 5.32 Å². The average molecular weight is 323 g/mol. The first-order valence-corrected chi connectivity index (χ1v) is 7.49. The molecule has 0 radical (unpaired) electrons. The van der Waals surface area contributed by atoms with E-state index in [-0.39, 0.29) is 5.69 Å². The zero-order chi connectivity index (χ0) is 17.1. The number of aromatic nitrogens is 3. The molecule has 7 heteroatoms. The number of nitrogens with one attached hydrogen (secondary N) is 1. The number of hydrogen-bond donors (Lipinski definition) is 1. The Kier molecular flexibility index (Phi) is 4.24. The standard InChI is InChI=1S/C17H17N5O2/c1-12-8-13(2)21(20-12)11-14-4-3-5-15(9-14)19-17-7-6-16(10-18-17)22(23)24/h3-10H,11H2,1-2H3,(H,18,19). The first kappa shape index (κ1) is 15.7. The SMILES string of the molecule is Cc1cc(C)n(Cc2cccc(Nc3ccc([N+](=O)[O-])cn3)c2)n1. The molecule has 1 N–H and O–H groups in total. The molecule has 0 amide bonds. The quantitative estimate of drug-likeness (QED) is 0.573. The zero-order valence-electron chi connectivity index (χ0n) is 13.4. The summed E-state index contributed by atoms with van der Waals surface area (Å²) in [5.74, 6) is 0.559. The van der Waals surface area contributed by atoms with Gasteiger partial charge in [0.05, 0.1) is 17.2 Å². The normalized spacial score (nSPS) is 10.6. The van der Waals surface area contributed by atoms with Crippen LogP contribution < -0.4 is 5.32 Å². The summed E-state index contributed by atoms with van der Waals surface area (Å²) in [6, 6.07) is 13.0. The van der Waals surface area contributed by atoms with E-state index in [9.17, 15) is 10.1 Å². The fraction of sp³-hybridized carbons (Fsp3) is 0.176. The van der Waals surface area contributed by atoms with Crippen LogP contribution in [0.3, 0.4) is 0 Å². The van der Waals surface area contributed by atoms with Crippen molar-refractivity contribution in [2.75, 3.05) is 5.32 Å². The fourth-order valence-corrected chi connectivity index (χ4v) is 2.47. The van der Waals surface area contributed by atoms with Gasteiger partial charge in [-0.3, -0.25) is 14.8 Å². The predicted octanol–water partition coefficient (Wildman–Crippen LogP) is 3.60. The number of aryl methyl sites for hydroxylation is 2. The van der Waals surface area contributed by atoms with Crippen molar-refractivity contribution in [1.29, 1.82) is 0 Å². The van der Waals surface area contributed by atoms with Crippen LogP contribution in [0.1, 0.15) is 17.0 Å². The number of hydrogen-bond acceptors (Lipinski definition) is 5. The van der Waals surface area contributed by atoms with E-state index in [0.29, 0.717) is 12.4 Å². The lowest BCUT2D eigenvalue weighted by molar-refractivity contribution is -0.385. The van der Waals surface area contributed by atoms with Gasteiger partial charge in [0.1, 0.15) is 12.0 Å². The first-order chi connectivity index (χ1) is 11.5. The molecule has 3 rings (SSSR count). The van der Waals surface area contributed by atoms with E-state index in [1.165, 1.54) is 12.3 Å². The minimum atomic E-state index is -0.466. The van der Waals surface area contributed by atoms with Crippen LogP contribution in [0, 0.1) is 24.0 Å². The number of pyridine rings is 1. The number of benzene rings is 1. The molecule has 0 spiro atoms. The summed E-state index contributed by atoms with van der Waals surface area (Å²) < 4.78 is 1.96. The van der Waals surface area contributed by atoms with Crippen molar-refractivity contribution in [2.45, 2.75) is 20.4 Å². The molecule has 0 aliphatic carbocycles. The van der Waals surface area contributed by atoms with Gasteiger partial charge in [-0.15, -0.1) is 0 Å². The molecule has 0 saturated heterocycles. The van der Waals surface area contributed by atoms with E-state index in [4.69, 9.17) is 0 Å². The number of nitro groups is 1. The topological polar surface area (TPSA) is 85.9 Å². The maximum Gasteiger partial charge on any atom is 0.287 e. The second-order valence-corrected chi connectivity index (χ2v) is 5.57. The molecule has 2 aromatic heterocycles. The van der Waals surface area contributed by atoms with Crippen LogP contribution in [-0.4, -0.2) is 19.7 Å². The van der Waals surface area contributed by atoms with Crippen molar-refractivity contribution in [2.24, 2.45) is 0 Å². The van der Waals surface area contributed by atoms with Gasteiger partial charge in [-0.1, -0.05) is 12.1 Å². The maximum absolute atomic E-state index is 10.7. The Hall–Kier alpha value is -3.22. The van der Waals surface area contributed by atoms with Gasteiger partial charge in [0.25, 0.3) is 5.69 Å². The minimum absolute atomic E-state index is 0.0289. The largest absolute Gasteiger partial charge is 0.340 e. The van der Waals surface area contributed by atoms with Crippen molar-refractivity contribution in [3.63, 3.8) is 0 Å². The number of anilines is 2. The lowest BCUT2D eigenvalue weighted by Crippen LogP contribution is -2.04. The predicted molar refractivity (Wildman–Crippen MR) is 91.4 cm³/mol. The van der Waals surface area contributed by atoms with Crippen LogP contribution in [0.15, 0.2) is 48.7 Å². The summed E-state index contributed by atoms with van der Waals surface area (Å²) in [5, 5.41) is 18.3. The van der Waals surface area contributed by atoms with Gasteiger partial charge in [0.15, 0.2) is 0 Å². The van der Waals surface area contributed by atoms with E-state index in [1.807, 2.05) is 48.9 Å². The average Bonchev–Trinajstić information content (AvgIpc) is 2.86. The first-order valence-electron chi connectivity index (χ1n) is 7.49. The van der Waals surface area contributed by atoms with Crippen molar-refractivity contribution >= 4 is 17.2 Å².